The topological polar surface area (TPSA) is 106 Å². The van der Waals surface area contributed by atoms with Gasteiger partial charge < -0.3 is 9.84 Å². The van der Waals surface area contributed by atoms with Gasteiger partial charge in [-0.2, -0.15) is 13.2 Å². The maximum absolute atomic E-state index is 13.0. The van der Waals surface area contributed by atoms with Crippen LogP contribution in [-0.4, -0.2) is 31.6 Å². The maximum Gasteiger partial charge on any atom is 0.416 e. The highest BCUT2D eigenvalue weighted by Crippen LogP contribution is 2.36. The Balaban J connectivity index is 1.27. The lowest BCUT2D eigenvalue weighted by atomic mass is 9.98. The SMILES string of the molecule is C[C@@H](CC(=O)c1ncnc(Nc2ccncc2)c1Cl)c1cc(C2=Nc3ccc(C(F)(F)F)cc3C2)on1. The summed E-state index contributed by atoms with van der Waals surface area (Å²) in [4.78, 5) is 29.5. The fourth-order valence-electron chi connectivity index (χ4n) is 3.88. The quantitative estimate of drug-likeness (QED) is 0.280. The van der Waals surface area contributed by atoms with Gasteiger partial charge in [-0.3, -0.25) is 9.78 Å². The van der Waals surface area contributed by atoms with Crippen molar-refractivity contribution in [3.05, 3.63) is 88.4 Å². The molecule has 3 aromatic heterocycles. The van der Waals surface area contributed by atoms with Crippen molar-refractivity contribution in [1.29, 1.82) is 0 Å². The van der Waals surface area contributed by atoms with Gasteiger partial charge in [-0.05, 0) is 35.9 Å². The van der Waals surface area contributed by atoms with Crippen LogP contribution in [0, 0.1) is 0 Å². The zero-order chi connectivity index (χ0) is 26.2. The van der Waals surface area contributed by atoms with Crippen LogP contribution >= 0.6 is 11.6 Å². The Morgan fingerprint density at radius 1 is 1.16 bits per heavy atom. The standard InChI is InChI=1S/C25H18ClF3N6O2/c1-13(8-20(36)23-22(26)24(32-12-31-23)33-16-4-6-30-7-5-16)18-11-21(37-35-18)19-10-14-9-15(25(27,28)29)2-3-17(14)34-19/h2-7,9,11-13H,8,10H2,1H3,(H,30,31,32,33)/t13-/m0/s1. The number of anilines is 2. The number of halogens is 4. The van der Waals surface area contributed by atoms with Crippen LogP contribution in [0.25, 0.3) is 0 Å². The van der Waals surface area contributed by atoms with E-state index in [0.29, 0.717) is 34.1 Å². The van der Waals surface area contributed by atoms with Crippen LogP contribution in [0.3, 0.4) is 0 Å². The van der Waals surface area contributed by atoms with E-state index in [1.807, 2.05) is 0 Å². The van der Waals surface area contributed by atoms with Gasteiger partial charge in [0.2, 0.25) is 0 Å². The third kappa shape index (κ3) is 5.21. The summed E-state index contributed by atoms with van der Waals surface area (Å²) in [5.41, 5.74) is 1.93. The first-order chi connectivity index (χ1) is 17.7. The van der Waals surface area contributed by atoms with E-state index >= 15 is 0 Å². The Bertz CT molecular complexity index is 1500. The largest absolute Gasteiger partial charge is 0.416 e. The molecule has 0 aliphatic carbocycles. The summed E-state index contributed by atoms with van der Waals surface area (Å²) in [6.45, 7) is 1.80. The molecule has 0 amide bonds. The van der Waals surface area contributed by atoms with Crippen molar-refractivity contribution in [2.45, 2.75) is 31.9 Å². The van der Waals surface area contributed by atoms with E-state index in [9.17, 15) is 18.0 Å². The highest BCUT2D eigenvalue weighted by atomic mass is 35.5. The minimum absolute atomic E-state index is 0.0407. The minimum Gasteiger partial charge on any atom is -0.355 e. The summed E-state index contributed by atoms with van der Waals surface area (Å²) >= 11 is 6.41. The van der Waals surface area contributed by atoms with Gasteiger partial charge in [0.15, 0.2) is 17.4 Å². The van der Waals surface area contributed by atoms with Crippen LogP contribution in [0.15, 0.2) is 64.6 Å². The number of carbonyl (C=O) groups excluding carboxylic acids is 1. The number of aromatic nitrogens is 4. The molecule has 37 heavy (non-hydrogen) atoms. The van der Waals surface area contributed by atoms with E-state index in [1.54, 1.807) is 37.5 Å². The number of hydrogen-bond donors (Lipinski definition) is 1. The lowest BCUT2D eigenvalue weighted by Gasteiger charge is -2.11. The van der Waals surface area contributed by atoms with E-state index in [4.69, 9.17) is 16.1 Å². The van der Waals surface area contributed by atoms with Crippen LogP contribution in [-0.2, 0) is 12.6 Å². The molecule has 0 unspecified atom stereocenters. The third-order valence-electron chi connectivity index (χ3n) is 5.83. The molecule has 4 aromatic rings. The zero-order valence-corrected chi connectivity index (χ0v) is 20.0. The number of hydrogen-bond acceptors (Lipinski definition) is 8. The molecule has 0 bridgehead atoms. The van der Waals surface area contributed by atoms with Gasteiger partial charge in [0.25, 0.3) is 0 Å². The lowest BCUT2D eigenvalue weighted by Crippen LogP contribution is -2.10. The van der Waals surface area contributed by atoms with Gasteiger partial charge in [-0.15, -0.1) is 0 Å². The summed E-state index contributed by atoms with van der Waals surface area (Å²) in [6, 6.07) is 8.53. The van der Waals surface area contributed by atoms with E-state index in [-0.39, 0.29) is 41.1 Å². The number of aliphatic imine (C=N–C) groups is 1. The first-order valence-electron chi connectivity index (χ1n) is 11.1. The number of carbonyl (C=O) groups is 1. The van der Waals surface area contributed by atoms with Crippen LogP contribution in [0.2, 0.25) is 5.02 Å². The molecule has 5 rings (SSSR count). The summed E-state index contributed by atoms with van der Waals surface area (Å²) in [5, 5.41) is 7.17. The maximum atomic E-state index is 13.0. The molecular formula is C25H18ClF3N6O2. The van der Waals surface area contributed by atoms with Crippen LogP contribution in [0.4, 0.5) is 30.4 Å². The molecule has 188 valence electrons. The van der Waals surface area contributed by atoms with Gasteiger partial charge in [-0.1, -0.05) is 23.7 Å². The first kappa shape index (κ1) is 24.6. The smallest absolute Gasteiger partial charge is 0.355 e. The second kappa shape index (κ2) is 9.74. The summed E-state index contributed by atoms with van der Waals surface area (Å²) in [6.07, 6.45) is 0.257. The Morgan fingerprint density at radius 2 is 1.95 bits per heavy atom. The molecule has 1 aliphatic rings. The predicted octanol–water partition coefficient (Wildman–Crippen LogP) is 6.33. The zero-order valence-electron chi connectivity index (χ0n) is 19.3. The molecule has 1 atom stereocenters. The van der Waals surface area contributed by atoms with E-state index < -0.39 is 11.7 Å². The van der Waals surface area contributed by atoms with Gasteiger partial charge in [0.05, 0.1) is 22.7 Å². The molecule has 1 aliphatic heterocycles. The van der Waals surface area contributed by atoms with Crippen molar-refractivity contribution in [2.75, 3.05) is 5.32 Å². The molecule has 0 spiro atoms. The average Bonchev–Trinajstić information content (AvgIpc) is 3.52. The molecule has 12 heteroatoms. The van der Waals surface area contributed by atoms with Crippen LogP contribution in [0.1, 0.15) is 52.3 Å². The highest BCUT2D eigenvalue weighted by molar-refractivity contribution is 6.36. The number of fused-ring (bicyclic) bond motifs is 1. The van der Waals surface area contributed by atoms with Crippen LogP contribution < -0.4 is 5.32 Å². The fraction of sp³-hybridized carbons (Fsp3) is 0.200. The molecule has 1 N–H and O–H groups in total. The molecule has 4 heterocycles. The van der Waals surface area contributed by atoms with Crippen molar-refractivity contribution in [2.24, 2.45) is 4.99 Å². The third-order valence-corrected chi connectivity index (χ3v) is 6.18. The monoisotopic (exact) mass is 526 g/mol. The Morgan fingerprint density at radius 3 is 2.70 bits per heavy atom. The first-order valence-corrected chi connectivity index (χ1v) is 11.5. The molecule has 1 aromatic carbocycles. The van der Waals surface area contributed by atoms with Gasteiger partial charge in [0.1, 0.15) is 17.0 Å². The van der Waals surface area contributed by atoms with Gasteiger partial charge >= 0.3 is 6.18 Å². The second-order valence-electron chi connectivity index (χ2n) is 8.47. The molecule has 0 saturated carbocycles. The molecule has 0 saturated heterocycles. The van der Waals surface area contributed by atoms with E-state index in [1.165, 1.54) is 12.4 Å². The van der Waals surface area contributed by atoms with Crippen molar-refractivity contribution in [1.82, 2.24) is 20.1 Å². The number of nitrogens with one attached hydrogen (secondary N) is 1. The van der Waals surface area contributed by atoms with E-state index in [2.05, 4.69) is 30.4 Å². The number of benzene rings is 1. The number of nitrogens with zero attached hydrogens (tertiary/aromatic N) is 5. The van der Waals surface area contributed by atoms with Crippen molar-refractivity contribution in [3.63, 3.8) is 0 Å². The Kier molecular flexibility index (Phi) is 6.46. The lowest BCUT2D eigenvalue weighted by molar-refractivity contribution is -0.137. The minimum atomic E-state index is -4.43. The highest BCUT2D eigenvalue weighted by Gasteiger charge is 2.32. The average molecular weight is 527 g/mol. The van der Waals surface area contributed by atoms with Gasteiger partial charge in [0, 0.05) is 42.9 Å². The Hall–Kier alpha value is -4.12. The van der Waals surface area contributed by atoms with Crippen molar-refractivity contribution < 1.29 is 22.5 Å². The van der Waals surface area contributed by atoms with Crippen molar-refractivity contribution in [3.8, 4) is 0 Å². The number of ketones is 1. The number of Topliss-reactive ketones (excluding diaryl/α,β-unsaturated/α-hetero) is 1. The normalized spacial score (nSPS) is 13.7. The van der Waals surface area contributed by atoms with Crippen molar-refractivity contribution >= 4 is 40.3 Å². The summed E-state index contributed by atoms with van der Waals surface area (Å²) < 4.78 is 44.5. The number of pyridine rings is 1. The van der Waals surface area contributed by atoms with Gasteiger partial charge in [-0.25, -0.2) is 15.0 Å². The second-order valence-corrected chi connectivity index (χ2v) is 8.84. The molecule has 8 nitrogen and oxygen atoms in total. The number of rotatable bonds is 7. The summed E-state index contributed by atoms with van der Waals surface area (Å²) in [5.74, 6) is -0.0422. The molecule has 0 fully saturated rings. The van der Waals surface area contributed by atoms with E-state index in [0.717, 1.165) is 12.1 Å². The number of alkyl halides is 3. The molecule has 0 radical (unpaired) electrons. The fourth-order valence-corrected chi connectivity index (χ4v) is 4.13. The molecular weight excluding hydrogens is 509 g/mol. The summed E-state index contributed by atoms with van der Waals surface area (Å²) in [7, 11) is 0. The Labute approximate surface area is 213 Å². The predicted molar refractivity (Wildman–Crippen MR) is 130 cm³/mol. The van der Waals surface area contributed by atoms with Crippen LogP contribution in [0.5, 0.6) is 0 Å².